The van der Waals surface area contributed by atoms with Gasteiger partial charge in [-0.05, 0) is 72.9 Å². The lowest BCUT2D eigenvalue weighted by atomic mass is 10.0. The highest BCUT2D eigenvalue weighted by Gasteiger charge is 2.42. The fourth-order valence-electron chi connectivity index (χ4n) is 4.34. The van der Waals surface area contributed by atoms with E-state index < -0.39 is 10.0 Å². The molecule has 0 bridgehead atoms. The Morgan fingerprint density at radius 2 is 1.71 bits per heavy atom. The summed E-state index contributed by atoms with van der Waals surface area (Å²) >= 11 is 5.80. The Labute approximate surface area is 209 Å². The molecule has 4 heterocycles. The fraction of sp³-hybridized carbons (Fsp3) is 0.160. The van der Waals surface area contributed by atoms with Crippen LogP contribution in [-0.4, -0.2) is 34.3 Å². The van der Waals surface area contributed by atoms with Gasteiger partial charge in [-0.15, -0.1) is 0 Å². The van der Waals surface area contributed by atoms with Crippen LogP contribution in [0.1, 0.15) is 29.2 Å². The summed E-state index contributed by atoms with van der Waals surface area (Å²) in [6.07, 6.45) is 6.74. The van der Waals surface area contributed by atoms with Crippen LogP contribution in [0, 0.1) is 0 Å². The Bertz CT molecular complexity index is 1420. The van der Waals surface area contributed by atoms with E-state index in [1.165, 1.54) is 0 Å². The third-order valence-electron chi connectivity index (χ3n) is 5.77. The van der Waals surface area contributed by atoms with Crippen LogP contribution in [0.5, 0.6) is 0 Å². The Morgan fingerprint density at radius 3 is 2.37 bits per heavy atom. The average molecular weight is 505 g/mol. The van der Waals surface area contributed by atoms with Crippen molar-refractivity contribution in [2.45, 2.75) is 18.6 Å². The largest absolute Gasteiger partial charge is 0.351 e. The molecule has 2 atom stereocenters. The smallest absolute Gasteiger partial charge is 0.229 e. The molecule has 35 heavy (non-hydrogen) atoms. The van der Waals surface area contributed by atoms with Gasteiger partial charge in [-0.25, -0.2) is 8.42 Å². The zero-order valence-electron chi connectivity index (χ0n) is 18.9. The van der Waals surface area contributed by atoms with E-state index in [1.807, 2.05) is 60.8 Å². The van der Waals surface area contributed by atoms with Gasteiger partial charge in [0.1, 0.15) is 6.04 Å². The Kier molecular flexibility index (Phi) is 6.23. The van der Waals surface area contributed by atoms with E-state index in [4.69, 9.17) is 12.2 Å². The highest BCUT2D eigenvalue weighted by molar-refractivity contribution is 7.92. The maximum atomic E-state index is 11.6. The van der Waals surface area contributed by atoms with Gasteiger partial charge in [0.15, 0.2) is 5.11 Å². The molecule has 0 amide bonds. The predicted molar refractivity (Wildman–Crippen MR) is 141 cm³/mol. The second kappa shape index (κ2) is 9.47. The van der Waals surface area contributed by atoms with Crippen LogP contribution < -0.4 is 14.9 Å². The van der Waals surface area contributed by atoms with Gasteiger partial charge in [-0.2, -0.15) is 0 Å². The van der Waals surface area contributed by atoms with Gasteiger partial charge in [0, 0.05) is 35.7 Å². The molecule has 178 valence electrons. The fourth-order valence-corrected chi connectivity index (χ4v) is 5.25. The number of sulfonamides is 1. The first kappa shape index (κ1) is 23.0. The lowest BCUT2D eigenvalue weighted by molar-refractivity contribution is 0.532. The number of nitrogens with one attached hydrogen (secondary N) is 2. The van der Waals surface area contributed by atoms with E-state index >= 15 is 0 Å². The SMILES string of the molecule is CS(=O)(=O)Nc1ccc(N2C(=S)N[C@H](c3ccccn3)[C@H]2c2cccn2Cc2ccccn2)cc1. The second-order valence-electron chi connectivity index (χ2n) is 8.30. The number of hydrogen-bond acceptors (Lipinski definition) is 5. The number of pyridine rings is 2. The summed E-state index contributed by atoms with van der Waals surface area (Å²) in [4.78, 5) is 11.1. The maximum absolute atomic E-state index is 11.6. The normalized spacial score (nSPS) is 17.9. The summed E-state index contributed by atoms with van der Waals surface area (Å²) < 4.78 is 27.9. The number of thiocarbonyl (C=S) groups is 1. The van der Waals surface area contributed by atoms with E-state index in [0.29, 0.717) is 17.3 Å². The molecule has 0 spiro atoms. The minimum atomic E-state index is -3.37. The summed E-state index contributed by atoms with van der Waals surface area (Å²) in [6.45, 7) is 0.617. The van der Waals surface area contributed by atoms with Crippen LogP contribution in [0.4, 0.5) is 11.4 Å². The molecular weight excluding hydrogens is 480 g/mol. The number of nitrogens with zero attached hydrogens (tertiary/aromatic N) is 4. The quantitative estimate of drug-likeness (QED) is 0.369. The molecule has 1 aliphatic heterocycles. The van der Waals surface area contributed by atoms with Crippen molar-refractivity contribution < 1.29 is 8.42 Å². The molecule has 2 N–H and O–H groups in total. The summed E-state index contributed by atoms with van der Waals surface area (Å²) in [6, 6.07) is 22.7. The average Bonchev–Trinajstić information content (AvgIpc) is 3.43. The number of anilines is 2. The highest BCUT2D eigenvalue weighted by Crippen LogP contribution is 2.42. The molecule has 4 aromatic rings. The summed E-state index contributed by atoms with van der Waals surface area (Å²) in [5.41, 5.74) is 4.22. The van der Waals surface area contributed by atoms with E-state index in [-0.39, 0.29) is 12.1 Å². The van der Waals surface area contributed by atoms with Crippen LogP contribution >= 0.6 is 12.2 Å². The topological polar surface area (TPSA) is 92.2 Å². The van der Waals surface area contributed by atoms with E-state index in [2.05, 4.69) is 35.5 Å². The van der Waals surface area contributed by atoms with Crippen LogP contribution in [-0.2, 0) is 16.6 Å². The van der Waals surface area contributed by atoms with E-state index in [1.54, 1.807) is 24.5 Å². The molecule has 0 aliphatic carbocycles. The number of benzene rings is 1. The molecule has 1 fully saturated rings. The number of rotatable bonds is 7. The van der Waals surface area contributed by atoms with Crippen LogP contribution in [0.15, 0.2) is 91.4 Å². The molecule has 1 aliphatic rings. The predicted octanol–water partition coefficient (Wildman–Crippen LogP) is 3.88. The Balaban J connectivity index is 1.55. The molecule has 1 saturated heterocycles. The first-order valence-corrected chi connectivity index (χ1v) is 13.3. The van der Waals surface area contributed by atoms with Crippen molar-refractivity contribution in [1.29, 1.82) is 0 Å². The van der Waals surface area contributed by atoms with Gasteiger partial charge >= 0.3 is 0 Å². The van der Waals surface area contributed by atoms with Gasteiger partial charge in [0.05, 0.1) is 30.2 Å². The van der Waals surface area contributed by atoms with Crippen molar-refractivity contribution in [2.75, 3.05) is 15.9 Å². The summed E-state index contributed by atoms with van der Waals surface area (Å²) in [5.74, 6) is 0. The van der Waals surface area contributed by atoms with Crippen molar-refractivity contribution in [3.63, 3.8) is 0 Å². The second-order valence-corrected chi connectivity index (χ2v) is 10.4. The van der Waals surface area contributed by atoms with Crippen molar-refractivity contribution in [2.24, 2.45) is 0 Å². The van der Waals surface area contributed by atoms with Crippen LogP contribution in [0.3, 0.4) is 0 Å². The zero-order valence-corrected chi connectivity index (χ0v) is 20.6. The Hall–Kier alpha value is -3.76. The van der Waals surface area contributed by atoms with Crippen molar-refractivity contribution in [1.82, 2.24) is 19.9 Å². The van der Waals surface area contributed by atoms with Crippen LogP contribution in [0.2, 0.25) is 0 Å². The Morgan fingerprint density at radius 1 is 0.971 bits per heavy atom. The lowest BCUT2D eigenvalue weighted by Crippen LogP contribution is -2.30. The standard InChI is InChI=1S/C25H24N6O2S2/c1-35(32,33)29-18-10-12-20(13-11-18)31-24(23(28-25(31)34)21-8-3-5-15-27-21)22-9-6-16-30(22)17-19-7-2-4-14-26-19/h2-16,23-24,29H,17H2,1H3,(H,28,34)/t23-,24-/m1/s1. The summed E-state index contributed by atoms with van der Waals surface area (Å²) in [7, 11) is -3.37. The van der Waals surface area contributed by atoms with Gasteiger partial charge in [0.25, 0.3) is 0 Å². The lowest BCUT2D eigenvalue weighted by Gasteiger charge is -2.29. The molecule has 10 heteroatoms. The van der Waals surface area contributed by atoms with Gasteiger partial charge in [-0.1, -0.05) is 12.1 Å². The molecule has 0 saturated carbocycles. The van der Waals surface area contributed by atoms with Crippen molar-refractivity contribution >= 4 is 38.7 Å². The minimum Gasteiger partial charge on any atom is -0.351 e. The molecule has 8 nitrogen and oxygen atoms in total. The minimum absolute atomic E-state index is 0.185. The molecule has 0 unspecified atom stereocenters. The van der Waals surface area contributed by atoms with Gasteiger partial charge in [0.2, 0.25) is 10.0 Å². The molecule has 3 aromatic heterocycles. The third-order valence-corrected chi connectivity index (χ3v) is 6.69. The first-order valence-electron chi connectivity index (χ1n) is 11.0. The number of aromatic nitrogens is 3. The summed E-state index contributed by atoms with van der Waals surface area (Å²) in [5, 5.41) is 4.02. The van der Waals surface area contributed by atoms with Gasteiger partial charge < -0.3 is 14.8 Å². The van der Waals surface area contributed by atoms with Gasteiger partial charge in [-0.3, -0.25) is 14.7 Å². The third kappa shape index (κ3) is 5.03. The number of hydrogen-bond donors (Lipinski definition) is 2. The maximum Gasteiger partial charge on any atom is 0.229 e. The van der Waals surface area contributed by atoms with Crippen molar-refractivity contribution in [3.05, 3.63) is 108 Å². The first-order chi connectivity index (χ1) is 16.9. The van der Waals surface area contributed by atoms with E-state index in [9.17, 15) is 8.42 Å². The highest BCUT2D eigenvalue weighted by atomic mass is 32.2. The van der Waals surface area contributed by atoms with E-state index in [0.717, 1.165) is 29.0 Å². The monoisotopic (exact) mass is 504 g/mol. The molecule has 1 aromatic carbocycles. The van der Waals surface area contributed by atoms with Crippen molar-refractivity contribution in [3.8, 4) is 0 Å². The zero-order chi connectivity index (χ0) is 24.4. The molecule has 0 radical (unpaired) electrons. The molecule has 5 rings (SSSR count). The van der Waals surface area contributed by atoms with Crippen LogP contribution in [0.25, 0.3) is 0 Å². The molecular formula is C25H24N6O2S2.